The largest absolute Gasteiger partial charge is 0.365 e. The van der Waals surface area contributed by atoms with Gasteiger partial charge in [0, 0.05) is 30.4 Å². The van der Waals surface area contributed by atoms with Crippen LogP contribution in [0.2, 0.25) is 0 Å². The number of hydrazine groups is 1. The number of nitrogen functional groups attached to an aromatic ring is 1. The topological polar surface area (TPSA) is 93.7 Å². The Morgan fingerprint density at radius 2 is 1.90 bits per heavy atom. The molecule has 0 aliphatic rings. The Kier molecular flexibility index (Phi) is 4.42. The van der Waals surface area contributed by atoms with E-state index in [4.69, 9.17) is 5.84 Å². The van der Waals surface area contributed by atoms with Gasteiger partial charge in [-0.1, -0.05) is 13.8 Å². The number of nitrogens with zero attached hydrogens (tertiary/aromatic N) is 4. The molecule has 0 amide bonds. The molecule has 21 heavy (non-hydrogen) atoms. The number of aryl methyl sites for hydroxylation is 2. The first-order valence-electron chi connectivity index (χ1n) is 7.00. The van der Waals surface area contributed by atoms with E-state index in [1.807, 2.05) is 18.7 Å². The highest BCUT2D eigenvalue weighted by molar-refractivity contribution is 5.58. The van der Waals surface area contributed by atoms with Crippen molar-refractivity contribution in [2.45, 2.75) is 40.2 Å². The first-order chi connectivity index (χ1) is 9.95. The van der Waals surface area contributed by atoms with Crippen LogP contribution >= 0.6 is 0 Å². The maximum absolute atomic E-state index is 5.53. The average molecular weight is 289 g/mol. The molecule has 0 aromatic carbocycles. The maximum Gasteiger partial charge on any atom is 0.148 e. The Labute approximate surface area is 124 Å². The van der Waals surface area contributed by atoms with Gasteiger partial charge in [0.15, 0.2) is 0 Å². The van der Waals surface area contributed by atoms with Gasteiger partial charge in [0.25, 0.3) is 0 Å². The van der Waals surface area contributed by atoms with E-state index < -0.39 is 0 Å². The van der Waals surface area contributed by atoms with Gasteiger partial charge in [-0.3, -0.25) is 4.68 Å². The minimum Gasteiger partial charge on any atom is -0.365 e. The van der Waals surface area contributed by atoms with Crippen molar-refractivity contribution in [3.05, 3.63) is 28.8 Å². The summed E-state index contributed by atoms with van der Waals surface area (Å²) < 4.78 is 1.89. The quantitative estimate of drug-likeness (QED) is 0.574. The fourth-order valence-electron chi connectivity index (χ4n) is 2.44. The Bertz CT molecular complexity index is 630. The molecule has 0 aliphatic carbocycles. The number of hydrogen-bond donors (Lipinski definition) is 3. The Morgan fingerprint density at radius 1 is 1.24 bits per heavy atom. The summed E-state index contributed by atoms with van der Waals surface area (Å²) in [6, 6.07) is 0. The summed E-state index contributed by atoms with van der Waals surface area (Å²) in [7, 11) is 1.95. The molecule has 0 fully saturated rings. The lowest BCUT2D eigenvalue weighted by molar-refractivity contribution is 0.730. The van der Waals surface area contributed by atoms with Crippen molar-refractivity contribution >= 4 is 11.6 Å². The van der Waals surface area contributed by atoms with Crippen LogP contribution in [0, 0.1) is 13.8 Å². The third kappa shape index (κ3) is 2.97. The van der Waals surface area contributed by atoms with Crippen molar-refractivity contribution in [3.8, 4) is 0 Å². The Morgan fingerprint density at radius 3 is 2.43 bits per heavy atom. The molecule has 4 N–H and O–H groups in total. The van der Waals surface area contributed by atoms with E-state index in [-0.39, 0.29) is 5.92 Å². The molecular weight excluding hydrogens is 266 g/mol. The molecule has 2 heterocycles. The lowest BCUT2D eigenvalue weighted by Crippen LogP contribution is -2.15. The standard InChI is InChI=1S/C14H23N7/c1-8(2)12-13(17-7-18-14(12)19-15)16-6-11-9(3)20-21(5)10(11)4/h7-8H,6,15H2,1-5H3,(H2,16,17,18,19). The summed E-state index contributed by atoms with van der Waals surface area (Å²) in [5.74, 6) is 7.25. The molecule has 0 bridgehead atoms. The van der Waals surface area contributed by atoms with Crippen LogP contribution in [0.3, 0.4) is 0 Å². The van der Waals surface area contributed by atoms with Gasteiger partial charge < -0.3 is 10.7 Å². The zero-order chi connectivity index (χ0) is 15.6. The van der Waals surface area contributed by atoms with Gasteiger partial charge in [-0.2, -0.15) is 5.10 Å². The number of rotatable bonds is 5. The number of aromatic nitrogens is 4. The smallest absolute Gasteiger partial charge is 0.148 e. The molecule has 0 aliphatic heterocycles. The SMILES string of the molecule is Cc1nn(C)c(C)c1CNc1ncnc(NN)c1C(C)C. The first kappa shape index (κ1) is 15.2. The molecular formula is C14H23N7. The van der Waals surface area contributed by atoms with Crippen molar-refractivity contribution in [2.75, 3.05) is 10.7 Å². The van der Waals surface area contributed by atoms with E-state index in [0.29, 0.717) is 12.4 Å². The molecule has 2 aromatic heterocycles. The van der Waals surface area contributed by atoms with Crippen LogP contribution in [0.1, 0.15) is 42.3 Å². The summed E-state index contributed by atoms with van der Waals surface area (Å²) in [4.78, 5) is 8.51. The third-order valence-corrected chi connectivity index (χ3v) is 3.69. The fraction of sp³-hybridized carbons (Fsp3) is 0.500. The van der Waals surface area contributed by atoms with Crippen molar-refractivity contribution in [1.82, 2.24) is 19.7 Å². The molecule has 0 saturated carbocycles. The average Bonchev–Trinajstić information content (AvgIpc) is 2.69. The predicted octanol–water partition coefficient (Wildman–Crippen LogP) is 1.85. The number of anilines is 2. The number of nitrogens with two attached hydrogens (primary N) is 1. The number of hydrogen-bond acceptors (Lipinski definition) is 6. The van der Waals surface area contributed by atoms with Gasteiger partial charge in [-0.15, -0.1) is 0 Å². The van der Waals surface area contributed by atoms with Gasteiger partial charge in [-0.25, -0.2) is 15.8 Å². The van der Waals surface area contributed by atoms with Crippen molar-refractivity contribution in [3.63, 3.8) is 0 Å². The van der Waals surface area contributed by atoms with E-state index in [0.717, 1.165) is 22.8 Å². The predicted molar refractivity (Wildman–Crippen MR) is 83.9 cm³/mol. The Balaban J connectivity index is 2.28. The second-order valence-corrected chi connectivity index (χ2v) is 5.41. The summed E-state index contributed by atoms with van der Waals surface area (Å²) in [6.45, 7) is 8.93. The van der Waals surface area contributed by atoms with Gasteiger partial charge in [0.2, 0.25) is 0 Å². The highest BCUT2D eigenvalue weighted by Gasteiger charge is 2.15. The van der Waals surface area contributed by atoms with Crippen molar-refractivity contribution < 1.29 is 0 Å². The Hall–Kier alpha value is -2.15. The maximum atomic E-state index is 5.53. The molecule has 7 heteroatoms. The van der Waals surface area contributed by atoms with E-state index in [1.165, 1.54) is 11.9 Å². The molecule has 2 rings (SSSR count). The van der Waals surface area contributed by atoms with Gasteiger partial charge in [0.05, 0.1) is 5.69 Å². The molecule has 0 radical (unpaired) electrons. The lowest BCUT2D eigenvalue weighted by Gasteiger charge is -2.16. The first-order valence-corrected chi connectivity index (χ1v) is 7.00. The van der Waals surface area contributed by atoms with Gasteiger partial charge in [-0.05, 0) is 19.8 Å². The van der Waals surface area contributed by atoms with Crippen LogP contribution in [0.25, 0.3) is 0 Å². The molecule has 0 atom stereocenters. The summed E-state index contributed by atoms with van der Waals surface area (Å²) in [5, 5.41) is 7.81. The molecule has 0 saturated heterocycles. The van der Waals surface area contributed by atoms with E-state index in [2.05, 4.69) is 46.6 Å². The zero-order valence-electron chi connectivity index (χ0n) is 13.2. The van der Waals surface area contributed by atoms with Crippen molar-refractivity contribution in [2.24, 2.45) is 12.9 Å². The van der Waals surface area contributed by atoms with Crippen LogP contribution in [-0.4, -0.2) is 19.7 Å². The normalized spacial score (nSPS) is 11.0. The molecule has 114 valence electrons. The minimum atomic E-state index is 0.260. The van der Waals surface area contributed by atoms with Crippen LogP contribution < -0.4 is 16.6 Å². The lowest BCUT2D eigenvalue weighted by atomic mass is 10.0. The fourth-order valence-corrected chi connectivity index (χ4v) is 2.44. The molecule has 2 aromatic rings. The third-order valence-electron chi connectivity index (χ3n) is 3.69. The van der Waals surface area contributed by atoms with Crippen LogP contribution in [0.5, 0.6) is 0 Å². The zero-order valence-corrected chi connectivity index (χ0v) is 13.2. The van der Waals surface area contributed by atoms with E-state index in [9.17, 15) is 0 Å². The highest BCUT2D eigenvalue weighted by atomic mass is 15.3. The van der Waals surface area contributed by atoms with Gasteiger partial charge in [0.1, 0.15) is 18.0 Å². The summed E-state index contributed by atoms with van der Waals surface area (Å²) >= 11 is 0. The second kappa shape index (κ2) is 6.09. The molecule has 0 unspecified atom stereocenters. The molecule has 0 spiro atoms. The van der Waals surface area contributed by atoms with Crippen LogP contribution in [0.15, 0.2) is 6.33 Å². The second-order valence-electron chi connectivity index (χ2n) is 5.41. The monoisotopic (exact) mass is 289 g/mol. The summed E-state index contributed by atoms with van der Waals surface area (Å²) in [5.41, 5.74) is 6.99. The number of nitrogens with one attached hydrogen (secondary N) is 2. The highest BCUT2D eigenvalue weighted by Crippen LogP contribution is 2.28. The van der Waals surface area contributed by atoms with E-state index >= 15 is 0 Å². The van der Waals surface area contributed by atoms with Crippen molar-refractivity contribution in [1.29, 1.82) is 0 Å². The minimum absolute atomic E-state index is 0.260. The van der Waals surface area contributed by atoms with E-state index in [1.54, 1.807) is 0 Å². The van der Waals surface area contributed by atoms with Gasteiger partial charge >= 0.3 is 0 Å². The summed E-state index contributed by atoms with van der Waals surface area (Å²) in [6.07, 6.45) is 1.51. The van der Waals surface area contributed by atoms with Crippen LogP contribution in [0.4, 0.5) is 11.6 Å². The molecule has 7 nitrogen and oxygen atoms in total. The van der Waals surface area contributed by atoms with Crippen LogP contribution in [-0.2, 0) is 13.6 Å².